The molecule has 1 amide bonds. The highest BCUT2D eigenvalue weighted by molar-refractivity contribution is 5.95. The summed E-state index contributed by atoms with van der Waals surface area (Å²) in [5.74, 6) is 1.19. The SMILES string of the molecule is Cc1noc([C@@H]2CCCN2C(=O)c2ccn(C)c2C)n1. The largest absolute Gasteiger partial charge is 0.354 e. The Kier molecular flexibility index (Phi) is 3.08. The number of likely N-dealkylation sites (tertiary alicyclic amines) is 1. The van der Waals surface area contributed by atoms with Gasteiger partial charge in [0.2, 0.25) is 5.89 Å². The van der Waals surface area contributed by atoms with Gasteiger partial charge in [0.25, 0.3) is 5.91 Å². The summed E-state index contributed by atoms with van der Waals surface area (Å²) in [7, 11) is 1.94. The van der Waals surface area contributed by atoms with Crippen LogP contribution < -0.4 is 0 Å². The van der Waals surface area contributed by atoms with Gasteiger partial charge in [-0.15, -0.1) is 0 Å². The van der Waals surface area contributed by atoms with E-state index < -0.39 is 0 Å². The molecule has 0 spiro atoms. The van der Waals surface area contributed by atoms with Gasteiger partial charge in [-0.1, -0.05) is 5.16 Å². The van der Waals surface area contributed by atoms with Crippen molar-refractivity contribution in [2.45, 2.75) is 32.7 Å². The second-order valence-corrected chi connectivity index (χ2v) is 5.26. The Bertz CT molecular complexity index is 643. The van der Waals surface area contributed by atoms with Crippen molar-refractivity contribution in [3.05, 3.63) is 35.2 Å². The fourth-order valence-corrected chi connectivity index (χ4v) is 2.70. The molecule has 0 radical (unpaired) electrons. The van der Waals surface area contributed by atoms with Crippen LogP contribution in [0.5, 0.6) is 0 Å². The maximum absolute atomic E-state index is 12.7. The zero-order valence-electron chi connectivity index (χ0n) is 12.0. The van der Waals surface area contributed by atoms with Crippen LogP contribution in [0.2, 0.25) is 0 Å². The van der Waals surface area contributed by atoms with E-state index >= 15 is 0 Å². The van der Waals surface area contributed by atoms with Gasteiger partial charge in [0.1, 0.15) is 6.04 Å². The average molecular weight is 274 g/mol. The van der Waals surface area contributed by atoms with E-state index in [2.05, 4.69) is 10.1 Å². The Hall–Kier alpha value is -2.11. The molecule has 1 saturated heterocycles. The first-order valence-electron chi connectivity index (χ1n) is 6.81. The zero-order valence-corrected chi connectivity index (χ0v) is 12.0. The minimum absolute atomic E-state index is 0.0430. The number of nitrogens with zero attached hydrogens (tertiary/aromatic N) is 4. The number of hydrogen-bond acceptors (Lipinski definition) is 4. The molecular formula is C14H18N4O2. The van der Waals surface area contributed by atoms with E-state index in [-0.39, 0.29) is 11.9 Å². The topological polar surface area (TPSA) is 64.2 Å². The van der Waals surface area contributed by atoms with Crippen molar-refractivity contribution in [2.24, 2.45) is 7.05 Å². The molecule has 6 nitrogen and oxygen atoms in total. The van der Waals surface area contributed by atoms with Gasteiger partial charge in [-0.2, -0.15) is 4.98 Å². The van der Waals surface area contributed by atoms with Crippen LogP contribution in [0.3, 0.4) is 0 Å². The number of amides is 1. The van der Waals surface area contributed by atoms with Gasteiger partial charge in [-0.25, -0.2) is 0 Å². The Morgan fingerprint density at radius 2 is 2.25 bits per heavy atom. The van der Waals surface area contributed by atoms with Crippen LogP contribution >= 0.6 is 0 Å². The van der Waals surface area contributed by atoms with Crippen LogP contribution in [0.1, 0.15) is 46.7 Å². The number of hydrogen-bond donors (Lipinski definition) is 0. The third kappa shape index (κ3) is 2.01. The van der Waals surface area contributed by atoms with Crippen molar-refractivity contribution in [2.75, 3.05) is 6.54 Å². The zero-order chi connectivity index (χ0) is 14.3. The Morgan fingerprint density at radius 3 is 2.85 bits per heavy atom. The number of carbonyl (C=O) groups excluding carboxylic acids is 1. The van der Waals surface area contributed by atoms with Crippen molar-refractivity contribution in [1.29, 1.82) is 0 Å². The lowest BCUT2D eigenvalue weighted by Gasteiger charge is -2.21. The number of aromatic nitrogens is 3. The molecule has 3 rings (SSSR count). The Labute approximate surface area is 117 Å². The minimum atomic E-state index is -0.0942. The lowest BCUT2D eigenvalue weighted by Crippen LogP contribution is -2.31. The standard InChI is InChI=1S/C14H18N4O2/c1-9-11(6-8-17(9)3)14(19)18-7-4-5-12(18)13-15-10(2)16-20-13/h6,8,12H,4-5,7H2,1-3H3/t12-/m0/s1. The fourth-order valence-electron chi connectivity index (χ4n) is 2.70. The molecule has 1 aliphatic heterocycles. The molecule has 106 valence electrons. The highest BCUT2D eigenvalue weighted by Crippen LogP contribution is 2.32. The summed E-state index contributed by atoms with van der Waals surface area (Å²) < 4.78 is 7.19. The summed E-state index contributed by atoms with van der Waals surface area (Å²) in [6.45, 7) is 4.48. The van der Waals surface area contributed by atoms with Crippen LogP contribution in [0, 0.1) is 13.8 Å². The molecule has 2 aromatic heterocycles. The second kappa shape index (κ2) is 4.77. The molecule has 1 fully saturated rings. The van der Waals surface area contributed by atoms with Crippen LogP contribution in [-0.4, -0.2) is 32.1 Å². The van der Waals surface area contributed by atoms with Crippen molar-refractivity contribution in [1.82, 2.24) is 19.6 Å². The van der Waals surface area contributed by atoms with Crippen LogP contribution in [-0.2, 0) is 7.05 Å². The molecule has 0 unspecified atom stereocenters. The van der Waals surface area contributed by atoms with Crippen molar-refractivity contribution >= 4 is 5.91 Å². The number of rotatable bonds is 2. The predicted octanol–water partition coefficient (Wildman–Crippen LogP) is 2.00. The predicted molar refractivity (Wildman–Crippen MR) is 72.2 cm³/mol. The van der Waals surface area contributed by atoms with Crippen molar-refractivity contribution in [3.8, 4) is 0 Å². The third-order valence-corrected chi connectivity index (χ3v) is 3.96. The minimum Gasteiger partial charge on any atom is -0.354 e. The molecule has 0 saturated carbocycles. The smallest absolute Gasteiger partial charge is 0.256 e. The maximum Gasteiger partial charge on any atom is 0.256 e. The van der Waals surface area contributed by atoms with Crippen LogP contribution in [0.15, 0.2) is 16.8 Å². The third-order valence-electron chi connectivity index (χ3n) is 3.96. The molecule has 0 N–H and O–H groups in total. The molecule has 0 aliphatic carbocycles. The molecule has 2 aromatic rings. The summed E-state index contributed by atoms with van der Waals surface area (Å²) in [5, 5.41) is 3.82. The molecule has 20 heavy (non-hydrogen) atoms. The lowest BCUT2D eigenvalue weighted by atomic mass is 10.2. The lowest BCUT2D eigenvalue weighted by molar-refractivity contribution is 0.0709. The molecule has 3 heterocycles. The van der Waals surface area contributed by atoms with Gasteiger partial charge in [-0.3, -0.25) is 4.79 Å². The van der Waals surface area contributed by atoms with Crippen LogP contribution in [0.25, 0.3) is 0 Å². The quantitative estimate of drug-likeness (QED) is 0.840. The Balaban J connectivity index is 1.89. The van der Waals surface area contributed by atoms with Gasteiger partial charge in [0.15, 0.2) is 5.82 Å². The fraction of sp³-hybridized carbons (Fsp3) is 0.500. The first kappa shape index (κ1) is 12.9. The van der Waals surface area contributed by atoms with Gasteiger partial charge in [0, 0.05) is 25.5 Å². The Morgan fingerprint density at radius 1 is 1.45 bits per heavy atom. The van der Waals surface area contributed by atoms with E-state index in [1.54, 1.807) is 6.92 Å². The van der Waals surface area contributed by atoms with E-state index in [1.807, 2.05) is 35.7 Å². The van der Waals surface area contributed by atoms with Crippen molar-refractivity contribution in [3.63, 3.8) is 0 Å². The number of carbonyl (C=O) groups is 1. The summed E-state index contributed by atoms with van der Waals surface area (Å²) >= 11 is 0. The van der Waals surface area contributed by atoms with E-state index in [0.717, 1.165) is 30.6 Å². The molecule has 0 bridgehead atoms. The highest BCUT2D eigenvalue weighted by atomic mass is 16.5. The molecule has 1 aliphatic rings. The van der Waals surface area contributed by atoms with E-state index in [4.69, 9.17) is 4.52 Å². The summed E-state index contributed by atoms with van der Waals surface area (Å²) in [6, 6.07) is 1.77. The normalized spacial score (nSPS) is 18.8. The number of aryl methyl sites for hydroxylation is 2. The van der Waals surface area contributed by atoms with Gasteiger partial charge < -0.3 is 14.0 Å². The molecule has 1 atom stereocenters. The summed E-state index contributed by atoms with van der Waals surface area (Å²) in [6.07, 6.45) is 3.74. The first-order valence-corrected chi connectivity index (χ1v) is 6.81. The van der Waals surface area contributed by atoms with Crippen LogP contribution in [0.4, 0.5) is 0 Å². The molecular weight excluding hydrogens is 256 g/mol. The van der Waals surface area contributed by atoms with E-state index in [9.17, 15) is 4.79 Å². The first-order chi connectivity index (χ1) is 9.58. The summed E-state index contributed by atoms with van der Waals surface area (Å²) in [5.41, 5.74) is 1.72. The molecule has 6 heteroatoms. The second-order valence-electron chi connectivity index (χ2n) is 5.26. The highest BCUT2D eigenvalue weighted by Gasteiger charge is 2.35. The van der Waals surface area contributed by atoms with E-state index in [0.29, 0.717) is 11.7 Å². The van der Waals surface area contributed by atoms with Crippen molar-refractivity contribution < 1.29 is 9.32 Å². The maximum atomic E-state index is 12.7. The monoisotopic (exact) mass is 274 g/mol. The van der Waals surface area contributed by atoms with E-state index in [1.165, 1.54) is 0 Å². The van der Waals surface area contributed by atoms with Gasteiger partial charge in [0.05, 0.1) is 5.56 Å². The van der Waals surface area contributed by atoms with Gasteiger partial charge in [-0.05, 0) is 32.8 Å². The molecule has 0 aromatic carbocycles. The average Bonchev–Trinajstić information content (AvgIpc) is 3.11. The van der Waals surface area contributed by atoms with Gasteiger partial charge >= 0.3 is 0 Å². The summed E-state index contributed by atoms with van der Waals surface area (Å²) in [4.78, 5) is 18.8.